The number of aryl methyl sites for hydroxylation is 1. The number of nitrogens with zero attached hydrogens (tertiary/aromatic N) is 2. The topological polar surface area (TPSA) is 225 Å². The van der Waals surface area contributed by atoms with Gasteiger partial charge in [-0.05, 0) is 31.2 Å². The van der Waals surface area contributed by atoms with Crippen LogP contribution in [-0.2, 0) is 42.7 Å². The Bertz CT molecular complexity index is 1740. The molecule has 0 aromatic heterocycles. The number of hydrogen-bond acceptors (Lipinski definition) is 15. The first-order valence-corrected chi connectivity index (χ1v) is 19.5. The van der Waals surface area contributed by atoms with E-state index in [1.165, 1.54) is 17.0 Å². The van der Waals surface area contributed by atoms with E-state index in [1.54, 1.807) is 60.7 Å². The molecule has 0 atom stereocenters. The van der Waals surface area contributed by atoms with Gasteiger partial charge >= 0.3 is 51.4 Å². The van der Waals surface area contributed by atoms with Crippen molar-refractivity contribution in [2.45, 2.75) is 11.8 Å². The van der Waals surface area contributed by atoms with Crippen LogP contribution in [0, 0.1) is 6.92 Å². The second-order valence-electron chi connectivity index (χ2n) is 11.8. The molecular weight excluding hydrogens is 808 g/mol. The Kier molecular flexibility index (Phi) is 26.0. The second-order valence-corrected chi connectivity index (χ2v) is 13.4. The average molecular weight is 857 g/mol. The van der Waals surface area contributed by atoms with Gasteiger partial charge in [-0.2, -0.15) is 8.42 Å². The number of hydrogen-bond donors (Lipinski definition) is 2. The molecule has 0 radical (unpaired) electrons. The predicted octanol–water partition coefficient (Wildman–Crippen LogP) is -0.575. The molecule has 0 aliphatic carbocycles. The van der Waals surface area contributed by atoms with Crippen molar-refractivity contribution in [3.05, 3.63) is 106 Å². The molecule has 0 saturated heterocycles. The van der Waals surface area contributed by atoms with E-state index < -0.39 is 21.9 Å². The van der Waals surface area contributed by atoms with Gasteiger partial charge in [0.05, 0.1) is 133 Å². The molecule has 58 heavy (non-hydrogen) atoms. The van der Waals surface area contributed by atoms with Crippen molar-refractivity contribution in [2.24, 2.45) is 0 Å². The van der Waals surface area contributed by atoms with Crippen molar-refractivity contribution in [3.8, 4) is 0 Å². The molecule has 3 aromatic carbocycles. The van der Waals surface area contributed by atoms with E-state index in [0.29, 0.717) is 88.3 Å². The van der Waals surface area contributed by atoms with Gasteiger partial charge < -0.3 is 53.5 Å². The standard InChI is InChI=1S/C16H21NO6.C15H24O7S.C8H5NO2.K/c18-6-8-22-10-12-23-11-9-21-7-5-17-15(19)13-3-1-2-4-14(13)16(17)20;1-14-2-4-15(5-3-14)23(17,18)22-13-12-21-11-10-20-9-8-19-7-6-16;10-7-5-3-1-2-4-6(5)8(11)9-7;/h1-4,18H,5-12H2;2-5,16H,6-13H2,1H3;1-4H,(H,9,10,11);/q;;;+1/p-1. The van der Waals surface area contributed by atoms with Gasteiger partial charge in [-0.15, -0.1) is 0 Å². The predicted molar refractivity (Wildman–Crippen MR) is 204 cm³/mol. The number of aliphatic hydroxyl groups is 2. The van der Waals surface area contributed by atoms with Gasteiger partial charge in [0.2, 0.25) is 0 Å². The number of ether oxygens (including phenoxy) is 6. The number of aliphatic hydroxyl groups excluding tert-OH is 2. The smallest absolute Gasteiger partial charge is 0.587 e. The fourth-order valence-electron chi connectivity index (χ4n) is 4.86. The van der Waals surface area contributed by atoms with Crippen LogP contribution in [0.3, 0.4) is 0 Å². The molecule has 2 N–H and O–H groups in total. The van der Waals surface area contributed by atoms with E-state index in [4.69, 9.17) is 42.8 Å². The van der Waals surface area contributed by atoms with Gasteiger partial charge in [-0.25, -0.2) is 0 Å². The maximum Gasteiger partial charge on any atom is 1.00 e. The number of rotatable bonds is 24. The van der Waals surface area contributed by atoms with Crippen LogP contribution in [-0.4, -0.2) is 153 Å². The fraction of sp³-hybridized carbons (Fsp3) is 0.436. The zero-order chi connectivity index (χ0) is 41.3. The van der Waals surface area contributed by atoms with Crippen molar-refractivity contribution in [2.75, 3.05) is 106 Å². The molecule has 2 aliphatic heterocycles. The molecule has 2 heterocycles. The average Bonchev–Trinajstić information content (AvgIpc) is 3.64. The van der Waals surface area contributed by atoms with E-state index in [1.807, 2.05) is 6.92 Å². The molecule has 17 nitrogen and oxygen atoms in total. The molecule has 19 heteroatoms. The summed E-state index contributed by atoms with van der Waals surface area (Å²) in [6.07, 6.45) is 0. The van der Waals surface area contributed by atoms with Crippen molar-refractivity contribution < 1.29 is 122 Å². The Labute approximate surface area is 380 Å². The van der Waals surface area contributed by atoms with E-state index in [9.17, 15) is 27.6 Å². The summed E-state index contributed by atoms with van der Waals surface area (Å²) in [7, 11) is -3.74. The molecule has 4 amide bonds. The minimum absolute atomic E-state index is 0. The van der Waals surface area contributed by atoms with Crippen LogP contribution in [0.2, 0.25) is 0 Å². The third-order valence-corrected chi connectivity index (χ3v) is 8.99. The monoisotopic (exact) mass is 856 g/mol. The fourth-order valence-corrected chi connectivity index (χ4v) is 5.75. The molecule has 5 rings (SSSR count). The summed E-state index contributed by atoms with van der Waals surface area (Å²) in [6, 6.07) is 19.9. The number of benzene rings is 3. The van der Waals surface area contributed by atoms with E-state index in [-0.39, 0.29) is 108 Å². The molecule has 3 aromatic rings. The number of carbonyl (C=O) groups excluding carboxylic acids is 4. The Hall–Kier alpha value is -2.83. The van der Waals surface area contributed by atoms with Gasteiger partial charge in [-0.3, -0.25) is 18.7 Å². The number of imide groups is 2. The van der Waals surface area contributed by atoms with Crippen molar-refractivity contribution in [1.29, 1.82) is 0 Å². The van der Waals surface area contributed by atoms with E-state index in [0.717, 1.165) is 5.56 Å². The van der Waals surface area contributed by atoms with Crippen LogP contribution in [0.1, 0.15) is 47.0 Å². The molecule has 0 unspecified atom stereocenters. The zero-order valence-corrected chi connectivity index (χ0v) is 36.7. The number of carbonyl (C=O) groups is 4. The number of fused-ring (bicyclic) bond motifs is 2. The van der Waals surface area contributed by atoms with E-state index in [2.05, 4.69) is 5.32 Å². The van der Waals surface area contributed by atoms with Crippen LogP contribution in [0.25, 0.3) is 5.32 Å². The van der Waals surface area contributed by atoms with Crippen molar-refractivity contribution in [3.63, 3.8) is 0 Å². The van der Waals surface area contributed by atoms with Crippen LogP contribution < -0.4 is 51.4 Å². The minimum Gasteiger partial charge on any atom is -0.587 e. The first-order valence-electron chi connectivity index (χ1n) is 18.1. The summed E-state index contributed by atoms with van der Waals surface area (Å²) in [5.41, 5.74) is 2.71. The van der Waals surface area contributed by atoms with Crippen LogP contribution in [0.15, 0.2) is 77.7 Å². The Balaban J connectivity index is 0.000000314. The summed E-state index contributed by atoms with van der Waals surface area (Å²) in [4.78, 5) is 47.3. The second kappa shape index (κ2) is 29.4. The molecular formula is C39H49KN2O15S. The maximum atomic E-state index is 12.1. The Morgan fingerprint density at radius 2 is 0.879 bits per heavy atom. The summed E-state index contributed by atoms with van der Waals surface area (Å²) in [5, 5.41) is 20.3. The normalized spacial score (nSPS) is 12.8. The van der Waals surface area contributed by atoms with Gasteiger partial charge in [0, 0.05) is 11.1 Å². The largest absolute Gasteiger partial charge is 1.00 e. The summed E-state index contributed by atoms with van der Waals surface area (Å²) in [5.74, 6) is -1.39. The van der Waals surface area contributed by atoms with Crippen LogP contribution in [0.4, 0.5) is 0 Å². The maximum absolute atomic E-state index is 12.1. The van der Waals surface area contributed by atoms with Crippen molar-refractivity contribution in [1.82, 2.24) is 4.90 Å². The zero-order valence-electron chi connectivity index (χ0n) is 32.7. The van der Waals surface area contributed by atoms with Gasteiger partial charge in [0.25, 0.3) is 21.9 Å². The van der Waals surface area contributed by atoms with E-state index >= 15 is 0 Å². The molecule has 0 saturated carbocycles. The first kappa shape index (κ1) is 51.3. The third-order valence-electron chi connectivity index (χ3n) is 7.66. The Morgan fingerprint density at radius 3 is 1.29 bits per heavy atom. The molecule has 0 spiro atoms. The molecule has 0 fully saturated rings. The summed E-state index contributed by atoms with van der Waals surface area (Å²) >= 11 is 0. The van der Waals surface area contributed by atoms with Gasteiger partial charge in [0.15, 0.2) is 0 Å². The third kappa shape index (κ3) is 18.2. The van der Waals surface area contributed by atoms with Gasteiger partial charge in [0.1, 0.15) is 0 Å². The quantitative estimate of drug-likeness (QED) is 0.0498. The molecule has 0 bridgehead atoms. The molecule has 312 valence electrons. The Morgan fingerprint density at radius 1 is 0.517 bits per heavy atom. The SMILES string of the molecule is Cc1ccc(S(=O)(=O)OCCOCCOCCOCCO)cc1.O=C1[N-]C(=O)c2ccccc21.O=C1c2ccccc2C(=O)N1CCOCCOCCOCCO.[K+]. The molecule has 2 aliphatic rings. The van der Waals surface area contributed by atoms with Gasteiger partial charge in [-0.1, -0.05) is 54.1 Å². The van der Waals surface area contributed by atoms with Crippen LogP contribution in [0.5, 0.6) is 0 Å². The summed E-state index contributed by atoms with van der Waals surface area (Å²) < 4.78 is 59.7. The van der Waals surface area contributed by atoms with Crippen molar-refractivity contribution >= 4 is 33.7 Å². The number of amides is 4. The first-order chi connectivity index (χ1) is 27.6. The summed E-state index contributed by atoms with van der Waals surface area (Å²) in [6.45, 7) is 6.30. The minimum atomic E-state index is -3.74. The van der Waals surface area contributed by atoms with Crippen LogP contribution >= 0.6 is 0 Å².